The number of ketones is 1. The SMILES string of the molecule is CS(=O)(=O)CCC(=O)C1CCc2ccccc2C1. The van der Waals surface area contributed by atoms with E-state index in [4.69, 9.17) is 0 Å². The van der Waals surface area contributed by atoms with E-state index in [0.29, 0.717) is 0 Å². The van der Waals surface area contributed by atoms with Crippen LogP contribution in [0.3, 0.4) is 0 Å². The molecule has 1 aliphatic rings. The van der Waals surface area contributed by atoms with Crippen molar-refractivity contribution in [3.05, 3.63) is 35.4 Å². The van der Waals surface area contributed by atoms with Crippen molar-refractivity contribution in [2.45, 2.75) is 25.7 Å². The zero-order valence-corrected chi connectivity index (χ0v) is 11.4. The van der Waals surface area contributed by atoms with Crippen LogP contribution < -0.4 is 0 Å². The molecule has 18 heavy (non-hydrogen) atoms. The lowest BCUT2D eigenvalue weighted by Gasteiger charge is -2.23. The summed E-state index contributed by atoms with van der Waals surface area (Å²) in [6.45, 7) is 0. The predicted octanol–water partition coefficient (Wildman–Crippen LogP) is 1.80. The van der Waals surface area contributed by atoms with Crippen LogP contribution in [0.4, 0.5) is 0 Å². The van der Waals surface area contributed by atoms with Crippen LogP contribution in [0.15, 0.2) is 24.3 Å². The molecule has 1 aromatic carbocycles. The summed E-state index contributed by atoms with van der Waals surface area (Å²) < 4.78 is 22.1. The fourth-order valence-corrected chi connectivity index (χ4v) is 3.03. The van der Waals surface area contributed by atoms with Crippen LogP contribution in [0.1, 0.15) is 24.0 Å². The maximum absolute atomic E-state index is 12.0. The van der Waals surface area contributed by atoms with Crippen molar-refractivity contribution in [3.8, 4) is 0 Å². The predicted molar refractivity (Wildman–Crippen MR) is 71.3 cm³/mol. The molecule has 0 saturated heterocycles. The first-order chi connectivity index (χ1) is 8.46. The third-order valence-electron chi connectivity index (χ3n) is 3.52. The highest BCUT2D eigenvalue weighted by Gasteiger charge is 2.24. The lowest BCUT2D eigenvalue weighted by molar-refractivity contribution is -0.122. The number of aryl methyl sites for hydroxylation is 1. The molecule has 0 aliphatic heterocycles. The molecule has 0 fully saturated rings. The Hall–Kier alpha value is -1.16. The van der Waals surface area contributed by atoms with Gasteiger partial charge in [0.15, 0.2) is 0 Å². The van der Waals surface area contributed by atoms with Crippen LogP contribution in [0.5, 0.6) is 0 Å². The van der Waals surface area contributed by atoms with E-state index in [2.05, 4.69) is 12.1 Å². The molecular formula is C14H18O3S. The normalized spacial score (nSPS) is 19.3. The van der Waals surface area contributed by atoms with E-state index in [1.807, 2.05) is 12.1 Å². The molecule has 0 amide bonds. The van der Waals surface area contributed by atoms with Crippen LogP contribution in [-0.4, -0.2) is 26.2 Å². The van der Waals surface area contributed by atoms with Gasteiger partial charge in [-0.2, -0.15) is 0 Å². The Bertz CT molecular complexity index is 546. The number of Topliss-reactive ketones (excluding diaryl/α,β-unsaturated/α-hetero) is 1. The van der Waals surface area contributed by atoms with Crippen molar-refractivity contribution in [2.75, 3.05) is 12.0 Å². The van der Waals surface area contributed by atoms with Crippen LogP contribution in [-0.2, 0) is 27.5 Å². The molecule has 0 radical (unpaired) electrons. The van der Waals surface area contributed by atoms with Crippen LogP contribution in [0, 0.1) is 5.92 Å². The summed E-state index contributed by atoms with van der Waals surface area (Å²) in [5, 5.41) is 0. The van der Waals surface area contributed by atoms with Gasteiger partial charge in [0.25, 0.3) is 0 Å². The Balaban J connectivity index is 1.99. The molecule has 0 saturated carbocycles. The highest BCUT2D eigenvalue weighted by Crippen LogP contribution is 2.26. The number of hydrogen-bond acceptors (Lipinski definition) is 3. The molecule has 1 aliphatic carbocycles. The molecule has 1 unspecified atom stereocenters. The van der Waals surface area contributed by atoms with Crippen LogP contribution in [0.2, 0.25) is 0 Å². The molecule has 1 atom stereocenters. The smallest absolute Gasteiger partial charge is 0.147 e. The molecule has 4 heteroatoms. The summed E-state index contributed by atoms with van der Waals surface area (Å²) in [5.41, 5.74) is 2.56. The lowest BCUT2D eigenvalue weighted by atomic mass is 9.81. The Morgan fingerprint density at radius 3 is 2.61 bits per heavy atom. The van der Waals surface area contributed by atoms with Gasteiger partial charge in [-0.3, -0.25) is 4.79 Å². The van der Waals surface area contributed by atoms with Crippen molar-refractivity contribution in [3.63, 3.8) is 0 Å². The zero-order chi connectivity index (χ0) is 13.2. The first-order valence-corrected chi connectivity index (χ1v) is 8.29. The summed E-state index contributed by atoms with van der Waals surface area (Å²) in [4.78, 5) is 12.0. The minimum Gasteiger partial charge on any atom is -0.299 e. The number of hydrogen-bond donors (Lipinski definition) is 0. The quantitative estimate of drug-likeness (QED) is 0.835. The molecule has 0 spiro atoms. The van der Waals surface area contributed by atoms with Crippen molar-refractivity contribution in [1.29, 1.82) is 0 Å². The molecule has 2 rings (SSSR count). The molecule has 1 aromatic rings. The average Bonchev–Trinajstić information content (AvgIpc) is 2.34. The number of benzene rings is 1. The number of carbonyl (C=O) groups excluding carboxylic acids is 1. The summed E-state index contributed by atoms with van der Waals surface area (Å²) in [5.74, 6) is 0.0702. The van der Waals surface area contributed by atoms with Crippen LogP contribution in [0.25, 0.3) is 0 Å². The second-order valence-corrected chi connectivity index (χ2v) is 7.31. The maximum atomic E-state index is 12.0. The van der Waals surface area contributed by atoms with Gasteiger partial charge < -0.3 is 0 Å². The van der Waals surface area contributed by atoms with Gasteiger partial charge in [0.2, 0.25) is 0 Å². The number of carbonyl (C=O) groups is 1. The first-order valence-electron chi connectivity index (χ1n) is 6.23. The summed E-state index contributed by atoms with van der Waals surface area (Å²) in [7, 11) is -3.04. The molecule has 0 N–H and O–H groups in total. The molecular weight excluding hydrogens is 248 g/mol. The highest BCUT2D eigenvalue weighted by molar-refractivity contribution is 7.90. The Morgan fingerprint density at radius 1 is 1.28 bits per heavy atom. The van der Waals surface area contributed by atoms with Crippen molar-refractivity contribution in [1.82, 2.24) is 0 Å². The third-order valence-corrected chi connectivity index (χ3v) is 4.47. The molecule has 0 bridgehead atoms. The maximum Gasteiger partial charge on any atom is 0.147 e. The van der Waals surface area contributed by atoms with E-state index in [0.717, 1.165) is 19.3 Å². The second-order valence-electron chi connectivity index (χ2n) is 5.05. The highest BCUT2D eigenvalue weighted by atomic mass is 32.2. The van der Waals surface area contributed by atoms with Crippen LogP contribution >= 0.6 is 0 Å². The van der Waals surface area contributed by atoms with Gasteiger partial charge in [0.05, 0.1) is 5.75 Å². The van der Waals surface area contributed by atoms with Gasteiger partial charge in [0.1, 0.15) is 15.6 Å². The van der Waals surface area contributed by atoms with Crippen molar-refractivity contribution < 1.29 is 13.2 Å². The fourth-order valence-electron chi connectivity index (χ4n) is 2.46. The van der Waals surface area contributed by atoms with Gasteiger partial charge in [-0.05, 0) is 30.4 Å². The molecule has 3 nitrogen and oxygen atoms in total. The standard InChI is InChI=1S/C14H18O3S/c1-18(16,17)9-8-14(15)13-7-6-11-4-2-3-5-12(11)10-13/h2-5,13H,6-10H2,1H3. The summed E-state index contributed by atoms with van der Waals surface area (Å²) in [6.07, 6.45) is 3.87. The van der Waals surface area contributed by atoms with Gasteiger partial charge in [-0.15, -0.1) is 0 Å². The average molecular weight is 266 g/mol. The lowest BCUT2D eigenvalue weighted by Crippen LogP contribution is -2.24. The van der Waals surface area contributed by atoms with E-state index >= 15 is 0 Å². The van der Waals surface area contributed by atoms with Gasteiger partial charge >= 0.3 is 0 Å². The van der Waals surface area contributed by atoms with E-state index in [1.54, 1.807) is 0 Å². The molecule has 0 aromatic heterocycles. The first kappa shape index (κ1) is 13.3. The Kier molecular flexibility index (Phi) is 3.85. The Labute approximate surface area is 108 Å². The van der Waals surface area contributed by atoms with Crippen molar-refractivity contribution >= 4 is 15.6 Å². The Morgan fingerprint density at radius 2 is 1.94 bits per heavy atom. The number of sulfone groups is 1. The third kappa shape index (κ3) is 3.42. The zero-order valence-electron chi connectivity index (χ0n) is 10.6. The topological polar surface area (TPSA) is 51.2 Å². The number of rotatable bonds is 4. The summed E-state index contributed by atoms with van der Waals surface area (Å²) >= 11 is 0. The van der Waals surface area contributed by atoms with Gasteiger partial charge in [-0.25, -0.2) is 8.42 Å². The monoisotopic (exact) mass is 266 g/mol. The largest absolute Gasteiger partial charge is 0.299 e. The fraction of sp³-hybridized carbons (Fsp3) is 0.500. The van der Waals surface area contributed by atoms with Gasteiger partial charge in [0, 0.05) is 18.6 Å². The van der Waals surface area contributed by atoms with Gasteiger partial charge in [-0.1, -0.05) is 24.3 Å². The van der Waals surface area contributed by atoms with E-state index in [-0.39, 0.29) is 23.9 Å². The number of fused-ring (bicyclic) bond motifs is 1. The summed E-state index contributed by atoms with van der Waals surface area (Å²) in [6, 6.07) is 8.17. The van der Waals surface area contributed by atoms with E-state index < -0.39 is 9.84 Å². The van der Waals surface area contributed by atoms with Crippen molar-refractivity contribution in [2.24, 2.45) is 5.92 Å². The minimum absolute atomic E-state index is 0.00153. The minimum atomic E-state index is -3.04. The van der Waals surface area contributed by atoms with E-state index in [9.17, 15) is 13.2 Å². The molecule has 98 valence electrons. The molecule has 0 heterocycles. The second kappa shape index (κ2) is 5.22. The van der Waals surface area contributed by atoms with E-state index in [1.165, 1.54) is 17.4 Å².